The molecule has 19 heavy (non-hydrogen) atoms. The van der Waals surface area contributed by atoms with Gasteiger partial charge in [0.15, 0.2) is 0 Å². The molecule has 0 heterocycles. The predicted molar refractivity (Wildman–Crippen MR) is 79.3 cm³/mol. The lowest BCUT2D eigenvalue weighted by Gasteiger charge is -2.28. The molecule has 0 bridgehead atoms. The fourth-order valence-electron chi connectivity index (χ4n) is 1.69. The maximum atomic E-state index is 11.8. The second-order valence-corrected chi connectivity index (χ2v) is 5.81. The van der Waals surface area contributed by atoms with Crippen LogP contribution in [0.1, 0.15) is 20.3 Å². The maximum absolute atomic E-state index is 11.8. The molecule has 1 atom stereocenters. The Kier molecular flexibility index (Phi) is 5.82. The molecule has 0 aliphatic carbocycles. The third kappa shape index (κ3) is 5.20. The SMILES string of the molecule is COC(=O)C(CC(C)(C)OC)Nc1cccc(Br)c1. The second kappa shape index (κ2) is 6.91. The van der Waals surface area contributed by atoms with Gasteiger partial charge in [-0.1, -0.05) is 22.0 Å². The molecule has 0 aliphatic rings. The predicted octanol–water partition coefficient (Wildman–Crippen LogP) is 3.22. The molecule has 0 spiro atoms. The van der Waals surface area contributed by atoms with Crippen molar-refractivity contribution < 1.29 is 14.3 Å². The van der Waals surface area contributed by atoms with E-state index in [-0.39, 0.29) is 5.97 Å². The van der Waals surface area contributed by atoms with E-state index >= 15 is 0 Å². The van der Waals surface area contributed by atoms with Crippen molar-refractivity contribution in [1.82, 2.24) is 0 Å². The summed E-state index contributed by atoms with van der Waals surface area (Å²) in [7, 11) is 3.02. The van der Waals surface area contributed by atoms with Crippen molar-refractivity contribution in [2.24, 2.45) is 0 Å². The molecule has 1 N–H and O–H groups in total. The Morgan fingerprint density at radius 3 is 2.63 bits per heavy atom. The summed E-state index contributed by atoms with van der Waals surface area (Å²) < 4.78 is 11.2. The molecule has 1 aromatic carbocycles. The van der Waals surface area contributed by atoms with Crippen LogP contribution in [0.2, 0.25) is 0 Å². The zero-order chi connectivity index (χ0) is 14.5. The van der Waals surface area contributed by atoms with Gasteiger partial charge in [-0.15, -0.1) is 0 Å². The highest BCUT2D eigenvalue weighted by atomic mass is 79.9. The number of carbonyl (C=O) groups excluding carboxylic acids is 1. The van der Waals surface area contributed by atoms with E-state index < -0.39 is 11.6 Å². The minimum Gasteiger partial charge on any atom is -0.467 e. The first-order chi connectivity index (χ1) is 8.88. The topological polar surface area (TPSA) is 47.6 Å². The first-order valence-electron chi connectivity index (χ1n) is 6.03. The molecular weight excluding hydrogens is 310 g/mol. The van der Waals surface area contributed by atoms with Gasteiger partial charge < -0.3 is 14.8 Å². The van der Waals surface area contributed by atoms with Crippen LogP contribution in [0.25, 0.3) is 0 Å². The van der Waals surface area contributed by atoms with E-state index in [2.05, 4.69) is 21.2 Å². The Labute approximate surface area is 122 Å². The summed E-state index contributed by atoms with van der Waals surface area (Å²) in [6, 6.07) is 7.20. The number of nitrogens with one attached hydrogen (secondary N) is 1. The van der Waals surface area contributed by atoms with E-state index in [0.29, 0.717) is 6.42 Å². The van der Waals surface area contributed by atoms with E-state index in [0.717, 1.165) is 10.2 Å². The number of methoxy groups -OCH3 is 2. The van der Waals surface area contributed by atoms with E-state index in [4.69, 9.17) is 9.47 Å². The van der Waals surface area contributed by atoms with Crippen LogP contribution in [0.3, 0.4) is 0 Å². The molecule has 0 saturated heterocycles. The van der Waals surface area contributed by atoms with Crippen LogP contribution in [-0.2, 0) is 14.3 Å². The van der Waals surface area contributed by atoms with Crippen molar-refractivity contribution in [1.29, 1.82) is 0 Å². The van der Waals surface area contributed by atoms with Crippen LogP contribution < -0.4 is 5.32 Å². The van der Waals surface area contributed by atoms with Crippen LogP contribution in [0.15, 0.2) is 28.7 Å². The quantitative estimate of drug-likeness (QED) is 0.814. The molecule has 4 nitrogen and oxygen atoms in total. The maximum Gasteiger partial charge on any atom is 0.328 e. The molecule has 5 heteroatoms. The highest BCUT2D eigenvalue weighted by Crippen LogP contribution is 2.21. The molecule has 0 amide bonds. The van der Waals surface area contributed by atoms with Gasteiger partial charge in [0.05, 0.1) is 12.7 Å². The van der Waals surface area contributed by atoms with Gasteiger partial charge in [-0.25, -0.2) is 4.79 Å². The van der Waals surface area contributed by atoms with Gasteiger partial charge in [0.2, 0.25) is 0 Å². The van der Waals surface area contributed by atoms with Crippen molar-refractivity contribution in [3.05, 3.63) is 28.7 Å². The van der Waals surface area contributed by atoms with Crippen LogP contribution in [0.5, 0.6) is 0 Å². The van der Waals surface area contributed by atoms with Gasteiger partial charge in [-0.3, -0.25) is 0 Å². The highest BCUT2D eigenvalue weighted by Gasteiger charge is 2.28. The van der Waals surface area contributed by atoms with E-state index in [1.807, 2.05) is 38.1 Å². The van der Waals surface area contributed by atoms with Crippen molar-refractivity contribution >= 4 is 27.6 Å². The Bertz CT molecular complexity index is 434. The molecule has 1 aromatic rings. The van der Waals surface area contributed by atoms with Gasteiger partial charge in [0, 0.05) is 23.7 Å². The van der Waals surface area contributed by atoms with Gasteiger partial charge in [0.1, 0.15) is 6.04 Å². The summed E-state index contributed by atoms with van der Waals surface area (Å²) in [4.78, 5) is 11.8. The van der Waals surface area contributed by atoms with Crippen LogP contribution in [-0.4, -0.2) is 31.8 Å². The number of ether oxygens (including phenoxy) is 2. The van der Waals surface area contributed by atoms with Crippen LogP contribution in [0.4, 0.5) is 5.69 Å². The van der Waals surface area contributed by atoms with E-state index in [1.54, 1.807) is 7.11 Å². The molecule has 0 saturated carbocycles. The van der Waals surface area contributed by atoms with Crippen LogP contribution >= 0.6 is 15.9 Å². The number of hydrogen-bond acceptors (Lipinski definition) is 4. The van der Waals surface area contributed by atoms with Crippen molar-refractivity contribution in [3.63, 3.8) is 0 Å². The Balaban J connectivity index is 2.83. The largest absolute Gasteiger partial charge is 0.467 e. The second-order valence-electron chi connectivity index (χ2n) is 4.90. The summed E-state index contributed by atoms with van der Waals surface area (Å²) in [5.41, 5.74) is 0.453. The summed E-state index contributed by atoms with van der Waals surface area (Å²) in [5.74, 6) is -0.301. The Morgan fingerprint density at radius 2 is 2.11 bits per heavy atom. The summed E-state index contributed by atoms with van der Waals surface area (Å²) in [6.07, 6.45) is 0.517. The number of esters is 1. The number of anilines is 1. The van der Waals surface area contributed by atoms with Gasteiger partial charge >= 0.3 is 5.97 Å². The minimum absolute atomic E-state index is 0.301. The lowest BCUT2D eigenvalue weighted by atomic mass is 9.98. The lowest BCUT2D eigenvalue weighted by molar-refractivity contribution is -0.143. The van der Waals surface area contributed by atoms with Crippen molar-refractivity contribution in [2.75, 3.05) is 19.5 Å². The number of hydrogen-bond donors (Lipinski definition) is 1. The van der Waals surface area contributed by atoms with E-state index in [9.17, 15) is 4.79 Å². The number of carbonyl (C=O) groups is 1. The molecule has 0 aromatic heterocycles. The zero-order valence-electron chi connectivity index (χ0n) is 11.7. The normalized spacial score (nSPS) is 12.9. The minimum atomic E-state index is -0.450. The number of rotatable bonds is 6. The Morgan fingerprint density at radius 1 is 1.42 bits per heavy atom. The average molecular weight is 330 g/mol. The summed E-state index contributed by atoms with van der Waals surface area (Å²) in [6.45, 7) is 3.87. The monoisotopic (exact) mass is 329 g/mol. The molecule has 0 radical (unpaired) electrons. The van der Waals surface area contributed by atoms with E-state index in [1.165, 1.54) is 7.11 Å². The van der Waals surface area contributed by atoms with Gasteiger partial charge in [0.25, 0.3) is 0 Å². The first kappa shape index (κ1) is 16.0. The van der Waals surface area contributed by atoms with Gasteiger partial charge in [-0.2, -0.15) is 0 Å². The fourth-order valence-corrected chi connectivity index (χ4v) is 2.09. The van der Waals surface area contributed by atoms with Crippen LogP contribution in [0, 0.1) is 0 Å². The Hall–Kier alpha value is -1.07. The first-order valence-corrected chi connectivity index (χ1v) is 6.82. The fraction of sp³-hybridized carbons (Fsp3) is 0.500. The average Bonchev–Trinajstić information content (AvgIpc) is 2.37. The highest BCUT2D eigenvalue weighted by molar-refractivity contribution is 9.10. The van der Waals surface area contributed by atoms with Crippen molar-refractivity contribution in [3.8, 4) is 0 Å². The zero-order valence-corrected chi connectivity index (χ0v) is 13.3. The third-order valence-electron chi connectivity index (χ3n) is 2.90. The van der Waals surface area contributed by atoms with Crippen molar-refractivity contribution in [2.45, 2.75) is 31.9 Å². The summed E-state index contributed by atoms with van der Waals surface area (Å²) in [5, 5.41) is 3.18. The molecule has 1 unspecified atom stereocenters. The molecule has 1 rings (SSSR count). The lowest BCUT2D eigenvalue weighted by Crippen LogP contribution is -2.39. The standard InChI is InChI=1S/C14H20BrNO3/c1-14(2,19-4)9-12(13(17)18-3)16-11-7-5-6-10(15)8-11/h5-8,12,16H,9H2,1-4H3. The smallest absolute Gasteiger partial charge is 0.328 e. The molecule has 0 aliphatic heterocycles. The number of halogens is 1. The molecular formula is C14H20BrNO3. The molecule has 0 fully saturated rings. The summed E-state index contributed by atoms with van der Waals surface area (Å²) >= 11 is 3.40. The molecule has 106 valence electrons. The number of benzene rings is 1. The third-order valence-corrected chi connectivity index (χ3v) is 3.39. The van der Waals surface area contributed by atoms with Gasteiger partial charge in [-0.05, 0) is 32.0 Å².